The molecule has 2 aromatic carbocycles. The average molecular weight is 380 g/mol. The number of rotatable bonds is 1. The van der Waals surface area contributed by atoms with Crippen LogP contribution in [0.2, 0.25) is 0 Å². The van der Waals surface area contributed by atoms with Gasteiger partial charge in [-0.2, -0.15) is 0 Å². The van der Waals surface area contributed by atoms with Gasteiger partial charge in [-0.1, -0.05) is 80.5 Å². The molecule has 0 bridgehead atoms. The van der Waals surface area contributed by atoms with Crippen LogP contribution >= 0.6 is 0 Å². The van der Waals surface area contributed by atoms with Gasteiger partial charge in [-0.15, -0.1) is 15.0 Å². The van der Waals surface area contributed by atoms with Gasteiger partial charge >= 0.3 is 0 Å². The largest absolute Gasteiger partial charge is 0.505 e. The topological polar surface area (TPSA) is 50.9 Å². The Morgan fingerprint density at radius 2 is 1.36 bits per heavy atom. The Kier molecular flexibility index (Phi) is 4.61. The Morgan fingerprint density at radius 3 is 1.89 bits per heavy atom. The molecule has 0 aliphatic carbocycles. The first kappa shape index (κ1) is 20.4. The first-order valence-corrected chi connectivity index (χ1v) is 9.94. The molecule has 0 atom stereocenters. The molecule has 3 aromatic rings. The summed E-state index contributed by atoms with van der Waals surface area (Å²) < 4.78 is 0. The minimum absolute atomic E-state index is 0.0355. The van der Waals surface area contributed by atoms with E-state index in [9.17, 15) is 5.11 Å². The SMILES string of the molecule is CC(C)(C)c1cc(-n2nc3cccc(C(C)(C)C)c3n2)c(O)c(C(C)(C)C)c1. The van der Waals surface area contributed by atoms with E-state index in [1.165, 1.54) is 0 Å². The van der Waals surface area contributed by atoms with Crippen LogP contribution < -0.4 is 0 Å². The van der Waals surface area contributed by atoms with E-state index in [2.05, 4.69) is 74.4 Å². The highest BCUT2D eigenvalue weighted by Gasteiger charge is 2.27. The van der Waals surface area contributed by atoms with Gasteiger partial charge in [-0.25, -0.2) is 0 Å². The smallest absolute Gasteiger partial charge is 0.146 e. The van der Waals surface area contributed by atoms with Gasteiger partial charge in [-0.05, 0) is 39.5 Å². The molecular formula is C24H33N3O. The van der Waals surface area contributed by atoms with E-state index in [-0.39, 0.29) is 22.0 Å². The fourth-order valence-electron chi connectivity index (χ4n) is 3.43. The van der Waals surface area contributed by atoms with Gasteiger partial charge in [0.1, 0.15) is 22.5 Å². The summed E-state index contributed by atoms with van der Waals surface area (Å²) in [6, 6.07) is 10.2. The van der Waals surface area contributed by atoms with E-state index in [0.717, 1.165) is 27.7 Å². The van der Waals surface area contributed by atoms with Crippen LogP contribution in [0.1, 0.15) is 79.0 Å². The quantitative estimate of drug-likeness (QED) is 0.562. The predicted octanol–water partition coefficient (Wildman–Crippen LogP) is 6.02. The van der Waals surface area contributed by atoms with Crippen LogP contribution in [0.4, 0.5) is 0 Å². The molecule has 1 N–H and O–H groups in total. The van der Waals surface area contributed by atoms with E-state index in [4.69, 9.17) is 10.2 Å². The van der Waals surface area contributed by atoms with Gasteiger partial charge in [0.05, 0.1) is 0 Å². The molecule has 0 aliphatic heterocycles. The number of aromatic nitrogens is 3. The summed E-state index contributed by atoms with van der Waals surface area (Å²) in [5, 5.41) is 20.6. The van der Waals surface area contributed by atoms with Gasteiger partial charge in [0.15, 0.2) is 0 Å². The second kappa shape index (κ2) is 6.33. The molecule has 0 fully saturated rings. The number of hydrogen-bond acceptors (Lipinski definition) is 3. The molecule has 0 unspecified atom stereocenters. The lowest BCUT2D eigenvalue weighted by molar-refractivity contribution is 0.438. The maximum absolute atomic E-state index is 11.1. The van der Waals surface area contributed by atoms with Crippen LogP contribution in [0.3, 0.4) is 0 Å². The summed E-state index contributed by atoms with van der Waals surface area (Å²) in [5.74, 6) is 0.248. The van der Waals surface area contributed by atoms with Gasteiger partial charge in [-0.3, -0.25) is 0 Å². The number of phenols is 1. The monoisotopic (exact) mass is 379 g/mol. The minimum atomic E-state index is -0.191. The second-order valence-electron chi connectivity index (χ2n) is 10.8. The molecule has 4 nitrogen and oxygen atoms in total. The fraction of sp³-hybridized carbons (Fsp3) is 0.500. The van der Waals surface area contributed by atoms with Crippen molar-refractivity contribution >= 4 is 11.0 Å². The van der Waals surface area contributed by atoms with Crippen molar-refractivity contribution in [3.05, 3.63) is 47.0 Å². The van der Waals surface area contributed by atoms with Gasteiger partial charge in [0.25, 0.3) is 0 Å². The highest BCUT2D eigenvalue weighted by atomic mass is 16.3. The van der Waals surface area contributed by atoms with Crippen molar-refractivity contribution < 1.29 is 5.11 Å². The maximum atomic E-state index is 11.1. The van der Waals surface area contributed by atoms with E-state index >= 15 is 0 Å². The first-order chi connectivity index (χ1) is 12.7. The van der Waals surface area contributed by atoms with Crippen molar-refractivity contribution in [1.82, 2.24) is 15.0 Å². The predicted molar refractivity (Wildman–Crippen MR) is 117 cm³/mol. The number of fused-ring (bicyclic) bond motifs is 1. The number of phenolic OH excluding ortho intramolecular Hbond substituents is 1. The molecule has 0 radical (unpaired) electrons. The van der Waals surface area contributed by atoms with Gasteiger partial charge in [0, 0.05) is 5.56 Å². The standard InChI is InChI=1S/C24H33N3O/c1-22(2,3)15-13-17(24(7,8)9)21(28)19(14-15)27-25-18-12-10-11-16(20(18)26-27)23(4,5)6/h10-14,28H,1-9H3. The third-order valence-electron chi connectivity index (χ3n) is 5.20. The molecule has 0 aliphatic rings. The molecular weight excluding hydrogens is 346 g/mol. The summed E-state index contributed by atoms with van der Waals surface area (Å²) in [6.07, 6.45) is 0. The highest BCUT2D eigenvalue weighted by molar-refractivity contribution is 5.79. The lowest BCUT2D eigenvalue weighted by Gasteiger charge is -2.27. The van der Waals surface area contributed by atoms with Crippen LogP contribution in [-0.2, 0) is 16.2 Å². The number of nitrogens with zero attached hydrogens (tertiary/aromatic N) is 3. The molecule has 0 spiro atoms. The third-order valence-corrected chi connectivity index (χ3v) is 5.20. The number of benzene rings is 2. The molecule has 28 heavy (non-hydrogen) atoms. The van der Waals surface area contributed by atoms with Crippen molar-refractivity contribution in [1.29, 1.82) is 0 Å². The molecule has 1 heterocycles. The van der Waals surface area contributed by atoms with Crippen molar-refractivity contribution in [2.45, 2.75) is 78.6 Å². The summed E-state index contributed by atoms with van der Waals surface area (Å²) in [5.41, 5.74) is 5.29. The van der Waals surface area contributed by atoms with E-state index in [1.807, 2.05) is 18.2 Å². The highest BCUT2D eigenvalue weighted by Crippen LogP contribution is 2.39. The zero-order chi connectivity index (χ0) is 21.1. The van der Waals surface area contributed by atoms with Crippen LogP contribution in [0, 0.1) is 0 Å². The summed E-state index contributed by atoms with van der Waals surface area (Å²) in [4.78, 5) is 1.60. The first-order valence-electron chi connectivity index (χ1n) is 9.94. The van der Waals surface area contributed by atoms with E-state index in [1.54, 1.807) is 4.80 Å². The third kappa shape index (κ3) is 3.65. The van der Waals surface area contributed by atoms with Crippen molar-refractivity contribution in [3.63, 3.8) is 0 Å². The zero-order valence-electron chi connectivity index (χ0n) is 18.7. The van der Waals surface area contributed by atoms with Crippen molar-refractivity contribution in [3.8, 4) is 11.4 Å². The Balaban J connectivity index is 2.32. The molecule has 0 saturated carbocycles. The maximum Gasteiger partial charge on any atom is 0.146 e. The molecule has 1 aromatic heterocycles. The number of hydrogen-bond donors (Lipinski definition) is 1. The molecule has 150 valence electrons. The fourth-order valence-corrected chi connectivity index (χ4v) is 3.43. The molecule has 0 amide bonds. The van der Waals surface area contributed by atoms with Crippen molar-refractivity contribution in [2.75, 3.05) is 0 Å². The van der Waals surface area contributed by atoms with Crippen LogP contribution in [-0.4, -0.2) is 20.1 Å². The van der Waals surface area contributed by atoms with Crippen LogP contribution in [0.15, 0.2) is 30.3 Å². The lowest BCUT2D eigenvalue weighted by Crippen LogP contribution is -2.18. The summed E-state index contributed by atoms with van der Waals surface area (Å²) >= 11 is 0. The Morgan fingerprint density at radius 1 is 0.750 bits per heavy atom. The Hall–Kier alpha value is -2.36. The minimum Gasteiger partial charge on any atom is -0.505 e. The van der Waals surface area contributed by atoms with Crippen LogP contribution in [0.5, 0.6) is 5.75 Å². The van der Waals surface area contributed by atoms with E-state index in [0.29, 0.717) is 5.69 Å². The van der Waals surface area contributed by atoms with E-state index < -0.39 is 0 Å². The summed E-state index contributed by atoms with van der Waals surface area (Å²) in [7, 11) is 0. The molecule has 3 rings (SSSR count). The Labute approximate surface area is 168 Å². The Bertz CT molecular complexity index is 1020. The van der Waals surface area contributed by atoms with Crippen molar-refractivity contribution in [2.24, 2.45) is 0 Å². The normalized spacial score (nSPS) is 13.3. The van der Waals surface area contributed by atoms with Gasteiger partial charge in [0.2, 0.25) is 0 Å². The number of aromatic hydroxyl groups is 1. The summed E-state index contributed by atoms with van der Waals surface area (Å²) in [6.45, 7) is 19.4. The van der Waals surface area contributed by atoms with Crippen LogP contribution in [0.25, 0.3) is 16.7 Å². The average Bonchev–Trinajstić information content (AvgIpc) is 2.95. The molecule has 4 heteroatoms. The second-order valence-corrected chi connectivity index (χ2v) is 10.8. The zero-order valence-corrected chi connectivity index (χ0v) is 18.7. The lowest BCUT2D eigenvalue weighted by atomic mass is 9.80. The molecule has 0 saturated heterocycles. The van der Waals surface area contributed by atoms with Gasteiger partial charge < -0.3 is 5.11 Å².